The number of hydrogen-bond acceptors (Lipinski definition) is 3. The SMILES string of the molecule is CC(C)OC(=O)C[n+]1c(CCc2ccccc2)sc2ccccc21.[Br-]. The minimum atomic E-state index is -0.181. The molecule has 0 saturated heterocycles. The summed E-state index contributed by atoms with van der Waals surface area (Å²) >= 11 is 1.76. The zero-order valence-corrected chi connectivity index (χ0v) is 16.8. The molecule has 2 aromatic carbocycles. The van der Waals surface area contributed by atoms with E-state index in [2.05, 4.69) is 41.0 Å². The quantitative estimate of drug-likeness (QED) is 0.439. The lowest BCUT2D eigenvalue weighted by atomic mass is 10.1. The number of carbonyl (C=O) groups is 1. The first-order valence-corrected chi connectivity index (χ1v) is 9.09. The molecule has 25 heavy (non-hydrogen) atoms. The van der Waals surface area contributed by atoms with Crippen molar-refractivity contribution in [1.82, 2.24) is 0 Å². The van der Waals surface area contributed by atoms with Crippen LogP contribution in [0.2, 0.25) is 0 Å². The van der Waals surface area contributed by atoms with Gasteiger partial charge in [0.05, 0.1) is 6.10 Å². The number of fused-ring (bicyclic) bond motifs is 1. The molecular weight excluding hydrogens is 398 g/mol. The van der Waals surface area contributed by atoms with E-state index in [4.69, 9.17) is 4.74 Å². The Bertz CT molecular complexity index is 830. The molecule has 3 rings (SSSR count). The lowest BCUT2D eigenvalue weighted by Crippen LogP contribution is -3.00. The average Bonchev–Trinajstić information content (AvgIpc) is 2.91. The summed E-state index contributed by atoms with van der Waals surface area (Å²) in [5.74, 6) is -0.181. The largest absolute Gasteiger partial charge is 1.00 e. The van der Waals surface area contributed by atoms with E-state index in [-0.39, 0.29) is 35.6 Å². The van der Waals surface area contributed by atoms with Crippen molar-refractivity contribution in [2.45, 2.75) is 39.3 Å². The van der Waals surface area contributed by atoms with Gasteiger partial charge in [0, 0.05) is 12.5 Å². The summed E-state index contributed by atoms with van der Waals surface area (Å²) in [5.41, 5.74) is 2.41. The van der Waals surface area contributed by atoms with E-state index in [0.29, 0.717) is 0 Å². The summed E-state index contributed by atoms with van der Waals surface area (Å²) in [6, 6.07) is 18.7. The number of benzene rings is 2. The standard InChI is InChI=1S/C20H22NO2S.BrH/c1-15(2)23-20(22)14-21-17-10-6-7-11-18(17)24-19(21)13-12-16-8-4-3-5-9-16;/h3-11,15H,12-14H2,1-2H3;1H/q+1;/p-1. The van der Waals surface area contributed by atoms with Gasteiger partial charge in [-0.05, 0) is 31.9 Å². The highest BCUT2D eigenvalue weighted by atomic mass is 79.9. The molecule has 3 nitrogen and oxygen atoms in total. The second-order valence-corrected chi connectivity index (χ2v) is 7.19. The van der Waals surface area contributed by atoms with Gasteiger partial charge in [-0.1, -0.05) is 53.8 Å². The number of para-hydroxylation sites is 1. The zero-order valence-electron chi connectivity index (χ0n) is 14.4. The first-order chi connectivity index (χ1) is 11.6. The Kier molecular flexibility index (Phi) is 7.14. The second kappa shape index (κ2) is 9.11. The molecule has 0 radical (unpaired) electrons. The van der Waals surface area contributed by atoms with Crippen molar-refractivity contribution in [2.75, 3.05) is 0 Å². The molecule has 0 fully saturated rings. The van der Waals surface area contributed by atoms with E-state index in [0.717, 1.165) is 18.4 Å². The predicted molar refractivity (Wildman–Crippen MR) is 97.1 cm³/mol. The maximum absolute atomic E-state index is 12.2. The number of nitrogens with zero attached hydrogens (tertiary/aromatic N) is 1. The van der Waals surface area contributed by atoms with E-state index >= 15 is 0 Å². The van der Waals surface area contributed by atoms with Crippen molar-refractivity contribution < 1.29 is 31.1 Å². The van der Waals surface area contributed by atoms with Crippen LogP contribution in [-0.2, 0) is 28.9 Å². The van der Waals surface area contributed by atoms with Crippen LogP contribution in [0.4, 0.5) is 0 Å². The van der Waals surface area contributed by atoms with E-state index in [1.54, 1.807) is 11.3 Å². The summed E-state index contributed by atoms with van der Waals surface area (Å²) in [6.45, 7) is 4.03. The van der Waals surface area contributed by atoms with Crippen molar-refractivity contribution in [2.24, 2.45) is 0 Å². The van der Waals surface area contributed by atoms with Crippen LogP contribution in [0.5, 0.6) is 0 Å². The third-order valence-electron chi connectivity index (χ3n) is 3.81. The van der Waals surface area contributed by atoms with Gasteiger partial charge in [-0.3, -0.25) is 0 Å². The Balaban J connectivity index is 0.00000225. The van der Waals surface area contributed by atoms with Gasteiger partial charge < -0.3 is 21.7 Å². The zero-order chi connectivity index (χ0) is 16.9. The van der Waals surface area contributed by atoms with Crippen LogP contribution in [0.1, 0.15) is 24.4 Å². The lowest BCUT2D eigenvalue weighted by molar-refractivity contribution is -0.663. The van der Waals surface area contributed by atoms with Gasteiger partial charge in [0.1, 0.15) is 4.70 Å². The van der Waals surface area contributed by atoms with Gasteiger partial charge in [-0.2, -0.15) is 4.57 Å². The summed E-state index contributed by atoms with van der Waals surface area (Å²) in [7, 11) is 0. The number of ether oxygens (including phenoxy) is 1. The molecule has 0 spiro atoms. The molecule has 132 valence electrons. The molecule has 0 aliphatic heterocycles. The highest BCUT2D eigenvalue weighted by Crippen LogP contribution is 2.21. The Morgan fingerprint density at radius 2 is 1.72 bits per heavy atom. The number of rotatable bonds is 6. The van der Waals surface area contributed by atoms with E-state index in [9.17, 15) is 4.79 Å². The molecule has 1 aromatic heterocycles. The molecule has 5 heteroatoms. The average molecular weight is 420 g/mol. The van der Waals surface area contributed by atoms with E-state index in [1.807, 2.05) is 32.0 Å². The maximum atomic E-state index is 12.2. The molecular formula is C20H22BrNO2S. The number of halogens is 1. The minimum absolute atomic E-state index is 0. The fourth-order valence-corrected chi connectivity index (χ4v) is 3.93. The van der Waals surface area contributed by atoms with Crippen LogP contribution in [0.25, 0.3) is 10.2 Å². The molecule has 0 unspecified atom stereocenters. The van der Waals surface area contributed by atoms with Gasteiger partial charge in [0.15, 0.2) is 0 Å². The molecule has 0 aliphatic carbocycles. The fourth-order valence-electron chi connectivity index (χ4n) is 2.77. The normalized spacial score (nSPS) is 10.7. The van der Waals surface area contributed by atoms with Crippen LogP contribution in [0.15, 0.2) is 54.6 Å². The Labute approximate surface area is 163 Å². The lowest BCUT2D eigenvalue weighted by Gasteiger charge is -2.06. The smallest absolute Gasteiger partial charge is 0.372 e. The minimum Gasteiger partial charge on any atom is -1.00 e. The Morgan fingerprint density at radius 3 is 2.44 bits per heavy atom. The van der Waals surface area contributed by atoms with Crippen LogP contribution in [0, 0.1) is 0 Å². The first kappa shape index (κ1) is 19.6. The molecule has 0 N–H and O–H groups in total. The topological polar surface area (TPSA) is 30.2 Å². The summed E-state index contributed by atoms with van der Waals surface area (Å²) in [6.07, 6.45) is 1.79. The predicted octanol–water partition coefficient (Wildman–Crippen LogP) is 0.930. The highest BCUT2D eigenvalue weighted by Gasteiger charge is 2.23. The van der Waals surface area contributed by atoms with Crippen molar-refractivity contribution in [1.29, 1.82) is 0 Å². The fraction of sp³-hybridized carbons (Fsp3) is 0.300. The Morgan fingerprint density at radius 1 is 1.04 bits per heavy atom. The second-order valence-electron chi connectivity index (χ2n) is 6.07. The van der Waals surface area contributed by atoms with Gasteiger partial charge in [0.25, 0.3) is 0 Å². The summed E-state index contributed by atoms with van der Waals surface area (Å²) in [5, 5.41) is 1.21. The van der Waals surface area contributed by atoms with E-state index in [1.165, 1.54) is 15.3 Å². The van der Waals surface area contributed by atoms with Gasteiger partial charge in [-0.25, -0.2) is 4.79 Å². The van der Waals surface area contributed by atoms with Crippen LogP contribution in [-0.4, -0.2) is 12.1 Å². The van der Waals surface area contributed by atoms with Gasteiger partial charge >= 0.3 is 5.97 Å². The number of aryl methyl sites for hydroxylation is 2. The van der Waals surface area contributed by atoms with Crippen molar-refractivity contribution in [3.05, 3.63) is 65.2 Å². The summed E-state index contributed by atoms with van der Waals surface area (Å²) in [4.78, 5) is 12.2. The third-order valence-corrected chi connectivity index (χ3v) is 5.03. The van der Waals surface area contributed by atoms with Crippen LogP contribution < -0.4 is 21.5 Å². The number of aromatic nitrogens is 1. The molecule has 0 atom stereocenters. The molecule has 0 bridgehead atoms. The van der Waals surface area contributed by atoms with Gasteiger partial charge in [0.2, 0.25) is 17.1 Å². The van der Waals surface area contributed by atoms with Crippen molar-refractivity contribution in [3.8, 4) is 0 Å². The number of carbonyl (C=O) groups excluding carboxylic acids is 1. The van der Waals surface area contributed by atoms with Gasteiger partial charge in [-0.15, -0.1) is 0 Å². The molecule has 0 amide bonds. The number of esters is 1. The first-order valence-electron chi connectivity index (χ1n) is 8.27. The molecule has 0 aliphatic rings. The van der Waals surface area contributed by atoms with Crippen LogP contribution in [0.3, 0.4) is 0 Å². The third kappa shape index (κ3) is 5.13. The highest BCUT2D eigenvalue weighted by molar-refractivity contribution is 7.18. The Hall–Kier alpha value is -1.72. The molecule has 1 heterocycles. The molecule has 0 saturated carbocycles. The number of thiazole rings is 1. The monoisotopic (exact) mass is 419 g/mol. The van der Waals surface area contributed by atoms with Crippen LogP contribution >= 0.6 is 11.3 Å². The summed E-state index contributed by atoms with van der Waals surface area (Å²) < 4.78 is 8.65. The van der Waals surface area contributed by atoms with E-state index < -0.39 is 0 Å². The number of hydrogen-bond donors (Lipinski definition) is 0. The molecule has 3 aromatic rings. The van der Waals surface area contributed by atoms with Crippen molar-refractivity contribution in [3.63, 3.8) is 0 Å². The van der Waals surface area contributed by atoms with Crippen molar-refractivity contribution >= 4 is 27.5 Å². The maximum Gasteiger partial charge on any atom is 0.372 e.